The summed E-state index contributed by atoms with van der Waals surface area (Å²) in [7, 11) is -3.47. The summed E-state index contributed by atoms with van der Waals surface area (Å²) >= 11 is 3.91. The van der Waals surface area contributed by atoms with Crippen molar-refractivity contribution in [3.63, 3.8) is 0 Å². The third-order valence-corrected chi connectivity index (χ3v) is 8.72. The van der Waals surface area contributed by atoms with Gasteiger partial charge in [-0.3, -0.25) is 4.79 Å². The molecule has 0 unspecified atom stereocenters. The van der Waals surface area contributed by atoms with Gasteiger partial charge < -0.3 is 10.1 Å². The van der Waals surface area contributed by atoms with E-state index in [1.807, 2.05) is 78.1 Å². The first-order chi connectivity index (χ1) is 14.5. The molecule has 1 amide bonds. The van der Waals surface area contributed by atoms with Crippen molar-refractivity contribution in [1.82, 2.24) is 10.0 Å². The molecule has 0 spiro atoms. The first-order valence-electron chi connectivity index (χ1n) is 9.76. The number of sulfonamides is 1. The number of carbonyl (C=O) groups excluding carboxylic acids is 1. The minimum Gasteiger partial charge on any atom is -0.484 e. The highest BCUT2D eigenvalue weighted by molar-refractivity contribution is 8.16. The van der Waals surface area contributed by atoms with Crippen LogP contribution in [-0.2, 0) is 21.4 Å². The molecule has 1 aliphatic heterocycles. The van der Waals surface area contributed by atoms with Crippen LogP contribution in [0.15, 0.2) is 54.6 Å². The van der Waals surface area contributed by atoms with E-state index in [4.69, 9.17) is 4.74 Å². The SMILES string of the molecule is O=C(COc1ccc(C2SCCCS2)cc1)NCCS(=O)(=O)NCc1ccccc1. The molecule has 3 rings (SSSR count). The lowest BCUT2D eigenvalue weighted by Gasteiger charge is -2.21. The van der Waals surface area contributed by atoms with E-state index in [0.29, 0.717) is 10.3 Å². The summed E-state index contributed by atoms with van der Waals surface area (Å²) in [5.74, 6) is 2.46. The molecule has 1 aliphatic rings. The van der Waals surface area contributed by atoms with E-state index in [0.717, 1.165) is 5.56 Å². The Bertz CT molecular complexity index is 900. The van der Waals surface area contributed by atoms with Gasteiger partial charge in [-0.25, -0.2) is 13.1 Å². The van der Waals surface area contributed by atoms with Crippen LogP contribution in [0.4, 0.5) is 0 Å². The van der Waals surface area contributed by atoms with Gasteiger partial charge in [-0.05, 0) is 41.2 Å². The van der Waals surface area contributed by atoms with E-state index in [-0.39, 0.29) is 31.4 Å². The molecule has 0 atom stereocenters. The third-order valence-electron chi connectivity index (χ3n) is 4.38. The monoisotopic (exact) mass is 466 g/mol. The Balaban J connectivity index is 1.34. The zero-order chi connectivity index (χ0) is 21.2. The van der Waals surface area contributed by atoms with Crippen molar-refractivity contribution in [2.24, 2.45) is 0 Å². The van der Waals surface area contributed by atoms with E-state index in [1.54, 1.807) is 0 Å². The van der Waals surface area contributed by atoms with E-state index in [2.05, 4.69) is 10.0 Å². The van der Waals surface area contributed by atoms with Crippen molar-refractivity contribution in [3.05, 3.63) is 65.7 Å². The van der Waals surface area contributed by atoms with Crippen LogP contribution in [0.1, 0.15) is 22.1 Å². The zero-order valence-corrected chi connectivity index (χ0v) is 19.0. The molecule has 2 N–H and O–H groups in total. The molecule has 2 aromatic carbocycles. The summed E-state index contributed by atoms with van der Waals surface area (Å²) in [6.45, 7) is 0.110. The smallest absolute Gasteiger partial charge is 0.257 e. The minimum atomic E-state index is -3.47. The predicted octanol–water partition coefficient (Wildman–Crippen LogP) is 3.17. The maximum atomic E-state index is 12.0. The number of carbonyl (C=O) groups is 1. The Morgan fingerprint density at radius 2 is 1.73 bits per heavy atom. The lowest BCUT2D eigenvalue weighted by molar-refractivity contribution is -0.122. The van der Waals surface area contributed by atoms with E-state index >= 15 is 0 Å². The molecule has 0 radical (unpaired) electrons. The molecular weight excluding hydrogens is 440 g/mol. The number of ether oxygens (including phenoxy) is 1. The van der Waals surface area contributed by atoms with Crippen LogP contribution in [-0.4, -0.2) is 44.7 Å². The molecule has 1 fully saturated rings. The Morgan fingerprint density at radius 3 is 2.43 bits per heavy atom. The van der Waals surface area contributed by atoms with Crippen LogP contribution < -0.4 is 14.8 Å². The molecule has 30 heavy (non-hydrogen) atoms. The van der Waals surface area contributed by atoms with Gasteiger partial charge in [-0.1, -0.05) is 42.5 Å². The lowest BCUT2D eigenvalue weighted by atomic mass is 10.2. The normalized spacial score (nSPS) is 14.9. The second-order valence-electron chi connectivity index (χ2n) is 6.76. The summed E-state index contributed by atoms with van der Waals surface area (Å²) < 4.78 is 32.6. The molecule has 0 bridgehead atoms. The molecule has 0 saturated carbocycles. The van der Waals surface area contributed by atoms with Crippen LogP contribution in [0.5, 0.6) is 5.75 Å². The molecule has 6 nitrogen and oxygen atoms in total. The fraction of sp³-hybridized carbons (Fsp3) is 0.381. The predicted molar refractivity (Wildman–Crippen MR) is 124 cm³/mol. The molecule has 1 heterocycles. The number of hydrogen-bond acceptors (Lipinski definition) is 6. The lowest BCUT2D eigenvalue weighted by Crippen LogP contribution is -2.36. The highest BCUT2D eigenvalue weighted by Gasteiger charge is 2.16. The zero-order valence-electron chi connectivity index (χ0n) is 16.6. The van der Waals surface area contributed by atoms with Gasteiger partial charge in [0.05, 0.1) is 10.3 Å². The molecule has 1 saturated heterocycles. The van der Waals surface area contributed by atoms with Gasteiger partial charge in [0, 0.05) is 13.1 Å². The van der Waals surface area contributed by atoms with Crippen LogP contribution >= 0.6 is 23.5 Å². The summed E-state index contributed by atoms with van der Waals surface area (Å²) in [6, 6.07) is 17.1. The van der Waals surface area contributed by atoms with Gasteiger partial charge in [-0.15, -0.1) is 23.5 Å². The first kappa shape index (κ1) is 23.0. The Labute approximate surface area is 186 Å². The molecule has 0 aromatic heterocycles. The summed E-state index contributed by atoms with van der Waals surface area (Å²) in [4.78, 5) is 11.9. The highest BCUT2D eigenvalue weighted by atomic mass is 32.2. The van der Waals surface area contributed by atoms with E-state index in [9.17, 15) is 13.2 Å². The fourth-order valence-corrected chi connectivity index (χ4v) is 6.58. The largest absolute Gasteiger partial charge is 0.484 e. The van der Waals surface area contributed by atoms with Crippen LogP contribution in [0.3, 0.4) is 0 Å². The first-order valence-corrected chi connectivity index (χ1v) is 13.5. The van der Waals surface area contributed by atoms with Crippen LogP contribution in [0.2, 0.25) is 0 Å². The van der Waals surface area contributed by atoms with Crippen LogP contribution in [0.25, 0.3) is 0 Å². The van der Waals surface area contributed by atoms with Gasteiger partial charge in [0.2, 0.25) is 10.0 Å². The second kappa shape index (κ2) is 11.6. The number of benzene rings is 2. The Hall–Kier alpha value is -1.68. The number of nitrogens with one attached hydrogen (secondary N) is 2. The van der Waals surface area contributed by atoms with Crippen molar-refractivity contribution < 1.29 is 17.9 Å². The minimum absolute atomic E-state index is 0.0291. The number of thioether (sulfide) groups is 2. The molecule has 162 valence electrons. The maximum absolute atomic E-state index is 12.0. The van der Waals surface area contributed by atoms with Gasteiger partial charge in [0.25, 0.3) is 5.91 Å². The van der Waals surface area contributed by atoms with Crippen molar-refractivity contribution in [1.29, 1.82) is 0 Å². The number of rotatable bonds is 10. The summed E-state index contributed by atoms with van der Waals surface area (Å²) in [6.07, 6.45) is 1.26. The number of amides is 1. The molecule has 9 heteroatoms. The second-order valence-corrected chi connectivity index (χ2v) is 11.4. The number of hydrogen-bond donors (Lipinski definition) is 2. The van der Waals surface area contributed by atoms with Crippen molar-refractivity contribution in [2.45, 2.75) is 17.5 Å². The summed E-state index contributed by atoms with van der Waals surface area (Å²) in [5, 5.41) is 2.58. The quantitative estimate of drug-likeness (QED) is 0.560. The van der Waals surface area contributed by atoms with Crippen LogP contribution in [0, 0.1) is 0 Å². The van der Waals surface area contributed by atoms with Crippen molar-refractivity contribution in [2.75, 3.05) is 30.4 Å². The van der Waals surface area contributed by atoms with E-state index < -0.39 is 10.0 Å². The molecule has 0 aliphatic carbocycles. The van der Waals surface area contributed by atoms with Gasteiger partial charge in [0.15, 0.2) is 6.61 Å². The third kappa shape index (κ3) is 7.86. The Kier molecular flexibility index (Phi) is 8.92. The average Bonchev–Trinajstić information content (AvgIpc) is 2.78. The molecular formula is C21H26N2O4S3. The standard InChI is InChI=1S/C21H26N2O4S3/c24-20(22-11-14-30(25,26)23-15-17-5-2-1-3-6-17)16-27-19-9-7-18(8-10-19)21-28-12-4-13-29-21/h1-3,5-10,21,23H,4,11-16H2,(H,22,24). The van der Waals surface area contributed by atoms with E-state index in [1.165, 1.54) is 23.5 Å². The Morgan fingerprint density at radius 1 is 1.03 bits per heavy atom. The topological polar surface area (TPSA) is 84.5 Å². The van der Waals surface area contributed by atoms with Gasteiger partial charge in [0.1, 0.15) is 5.75 Å². The van der Waals surface area contributed by atoms with Crippen molar-refractivity contribution >= 4 is 39.5 Å². The highest BCUT2D eigenvalue weighted by Crippen LogP contribution is 2.43. The summed E-state index contributed by atoms with van der Waals surface area (Å²) in [5.41, 5.74) is 2.14. The van der Waals surface area contributed by atoms with Gasteiger partial charge in [-0.2, -0.15) is 0 Å². The van der Waals surface area contributed by atoms with Gasteiger partial charge >= 0.3 is 0 Å². The maximum Gasteiger partial charge on any atom is 0.257 e. The molecule has 2 aromatic rings. The average molecular weight is 467 g/mol. The fourth-order valence-electron chi connectivity index (χ4n) is 2.79. The van der Waals surface area contributed by atoms with Crippen molar-refractivity contribution in [3.8, 4) is 5.75 Å².